The predicted octanol–water partition coefficient (Wildman–Crippen LogP) is 2.67. The van der Waals surface area contributed by atoms with Crippen molar-refractivity contribution in [2.75, 3.05) is 0 Å². The highest BCUT2D eigenvalue weighted by atomic mass is 19.4. The van der Waals surface area contributed by atoms with Crippen LogP contribution in [0.5, 0.6) is 5.88 Å². The fourth-order valence-corrected chi connectivity index (χ4v) is 5.37. The number of aryl methyl sites for hydroxylation is 1. The van der Waals surface area contributed by atoms with Crippen molar-refractivity contribution in [2.45, 2.75) is 63.4 Å². The maximum atomic E-state index is 12.9. The maximum absolute atomic E-state index is 12.9. The minimum atomic E-state index is -4.48. The van der Waals surface area contributed by atoms with Gasteiger partial charge in [0.25, 0.3) is 0 Å². The molecular formula is C23H25F3N6O3. The first-order valence-electron chi connectivity index (χ1n) is 11.3. The van der Waals surface area contributed by atoms with E-state index in [1.54, 1.807) is 30.9 Å². The van der Waals surface area contributed by atoms with Crippen LogP contribution in [0.3, 0.4) is 0 Å². The lowest BCUT2D eigenvalue weighted by molar-refractivity contribution is -0.137. The van der Waals surface area contributed by atoms with Gasteiger partial charge < -0.3 is 14.9 Å². The summed E-state index contributed by atoms with van der Waals surface area (Å²) in [5.41, 5.74) is 0.678. The second-order valence-electron chi connectivity index (χ2n) is 9.07. The van der Waals surface area contributed by atoms with E-state index >= 15 is 0 Å². The van der Waals surface area contributed by atoms with Crippen molar-refractivity contribution in [3.05, 3.63) is 59.8 Å². The Hall–Kier alpha value is -3.09. The van der Waals surface area contributed by atoms with E-state index in [1.165, 1.54) is 23.3 Å². The molecule has 5 rings (SSSR count). The molecule has 2 fully saturated rings. The summed E-state index contributed by atoms with van der Waals surface area (Å²) in [6, 6.07) is 5.04. The van der Waals surface area contributed by atoms with E-state index in [-0.39, 0.29) is 23.9 Å². The average Bonchev–Trinajstić information content (AvgIpc) is 3.55. The van der Waals surface area contributed by atoms with Crippen LogP contribution in [-0.4, -0.2) is 64.4 Å². The molecule has 1 aliphatic carbocycles. The van der Waals surface area contributed by atoms with Crippen LogP contribution in [-0.2, 0) is 6.18 Å². The van der Waals surface area contributed by atoms with Gasteiger partial charge in [-0.1, -0.05) is 0 Å². The number of rotatable bonds is 6. The molecule has 4 heterocycles. The molecule has 1 saturated heterocycles. The Morgan fingerprint density at radius 1 is 1.09 bits per heavy atom. The summed E-state index contributed by atoms with van der Waals surface area (Å²) < 4.78 is 44.6. The van der Waals surface area contributed by atoms with Crippen LogP contribution in [0.1, 0.15) is 42.9 Å². The predicted molar refractivity (Wildman–Crippen MR) is 116 cm³/mol. The van der Waals surface area contributed by atoms with Gasteiger partial charge in [0.15, 0.2) is 6.23 Å². The van der Waals surface area contributed by atoms with Gasteiger partial charge >= 0.3 is 6.18 Å². The molecule has 0 spiro atoms. The van der Waals surface area contributed by atoms with Crippen molar-refractivity contribution in [3.63, 3.8) is 0 Å². The minimum absolute atomic E-state index is 0.0187. The molecule has 0 aromatic carbocycles. The first kappa shape index (κ1) is 23.6. The highest BCUT2D eigenvalue weighted by Gasteiger charge is 2.56. The number of likely N-dealkylation sites (tertiary alicyclic amines) is 1. The van der Waals surface area contributed by atoms with Crippen molar-refractivity contribution < 1.29 is 28.1 Å². The fraction of sp³-hybridized carbons (Fsp3) is 0.478. The lowest BCUT2D eigenvalue weighted by atomic mass is 9.93. The quantitative estimate of drug-likeness (QED) is 0.543. The van der Waals surface area contributed by atoms with Gasteiger partial charge in [-0.3, -0.25) is 9.88 Å². The summed E-state index contributed by atoms with van der Waals surface area (Å²) in [6.07, 6.45) is -1.82. The number of piperidine rings is 1. The van der Waals surface area contributed by atoms with Crippen molar-refractivity contribution in [2.24, 2.45) is 5.92 Å². The van der Waals surface area contributed by atoms with Gasteiger partial charge in [0.1, 0.15) is 17.5 Å². The second-order valence-corrected chi connectivity index (χ2v) is 9.07. The zero-order chi connectivity index (χ0) is 24.9. The first-order valence-corrected chi connectivity index (χ1v) is 11.3. The van der Waals surface area contributed by atoms with E-state index in [2.05, 4.69) is 20.2 Å². The third-order valence-electron chi connectivity index (χ3n) is 6.75. The van der Waals surface area contributed by atoms with Crippen molar-refractivity contribution in [1.29, 1.82) is 0 Å². The molecule has 6 unspecified atom stereocenters. The molecule has 2 aliphatic rings. The number of nitrogens with zero attached hydrogens (tertiary/aromatic N) is 6. The lowest BCUT2D eigenvalue weighted by Crippen LogP contribution is -2.54. The number of ether oxygens (including phenoxy) is 1. The van der Waals surface area contributed by atoms with Gasteiger partial charge in [-0.15, -0.1) is 4.80 Å². The average molecular weight is 490 g/mol. The zero-order valence-corrected chi connectivity index (χ0v) is 19.0. The zero-order valence-electron chi connectivity index (χ0n) is 19.0. The Balaban J connectivity index is 1.44. The SMILES string of the molecule is Cc1ccc(-n2nccn2)c(C(O)N2C3CC(CC3Oc3ccc(C(F)(F)F)cn3)C2C(C)O)n1. The number of halogens is 3. The molecule has 1 aliphatic heterocycles. The third-order valence-corrected chi connectivity index (χ3v) is 6.75. The molecule has 3 aromatic rings. The Bertz CT molecular complexity index is 1170. The molecule has 2 bridgehead atoms. The highest BCUT2D eigenvalue weighted by molar-refractivity contribution is 5.37. The first-order chi connectivity index (χ1) is 16.6. The van der Waals surface area contributed by atoms with Crippen LogP contribution in [0.15, 0.2) is 42.9 Å². The molecule has 3 aromatic heterocycles. The smallest absolute Gasteiger partial charge is 0.417 e. The van der Waals surface area contributed by atoms with Crippen LogP contribution in [0, 0.1) is 12.8 Å². The molecular weight excluding hydrogens is 465 g/mol. The highest BCUT2D eigenvalue weighted by Crippen LogP contribution is 2.48. The van der Waals surface area contributed by atoms with Gasteiger partial charge in [0.2, 0.25) is 5.88 Å². The molecule has 0 amide bonds. The molecule has 6 atom stereocenters. The van der Waals surface area contributed by atoms with Crippen LogP contribution in [0.4, 0.5) is 13.2 Å². The summed E-state index contributed by atoms with van der Waals surface area (Å²) in [7, 11) is 0. The summed E-state index contributed by atoms with van der Waals surface area (Å²) in [6.45, 7) is 3.49. The maximum Gasteiger partial charge on any atom is 0.417 e. The molecule has 35 heavy (non-hydrogen) atoms. The van der Waals surface area contributed by atoms with E-state index in [0.29, 0.717) is 29.9 Å². The summed E-state index contributed by atoms with van der Waals surface area (Å²) in [5.74, 6) is 0.0962. The fourth-order valence-electron chi connectivity index (χ4n) is 5.37. The van der Waals surface area contributed by atoms with Gasteiger partial charge in [-0.2, -0.15) is 23.4 Å². The Morgan fingerprint density at radius 3 is 2.46 bits per heavy atom. The number of pyridine rings is 2. The van der Waals surface area contributed by atoms with Gasteiger partial charge in [0.05, 0.1) is 30.1 Å². The second kappa shape index (κ2) is 8.85. The molecule has 12 heteroatoms. The van der Waals surface area contributed by atoms with Gasteiger partial charge in [-0.25, -0.2) is 4.98 Å². The van der Waals surface area contributed by atoms with E-state index in [0.717, 1.165) is 12.3 Å². The Morgan fingerprint density at radius 2 is 1.83 bits per heavy atom. The standard InChI is InChI=1S/C23H25F3N6O3/c1-12-3-5-16(32-28-7-8-29-32)20(30-12)22(34)31-17-9-14(21(31)13(2)33)10-18(17)35-19-6-4-15(11-27-19)23(24,25)26/h3-8,11,13-14,17-18,21-22,33-34H,9-10H2,1-2H3. The Labute approximate surface area is 199 Å². The largest absolute Gasteiger partial charge is 0.473 e. The van der Waals surface area contributed by atoms with Crippen molar-refractivity contribution in [3.8, 4) is 11.6 Å². The van der Waals surface area contributed by atoms with Gasteiger partial charge in [-0.05, 0) is 50.8 Å². The van der Waals surface area contributed by atoms with Crippen molar-refractivity contribution in [1.82, 2.24) is 29.9 Å². The van der Waals surface area contributed by atoms with Crippen LogP contribution in [0.25, 0.3) is 5.69 Å². The molecule has 0 radical (unpaired) electrons. The number of aromatic nitrogens is 5. The number of aliphatic hydroxyl groups is 2. The molecule has 9 nitrogen and oxygen atoms in total. The van der Waals surface area contributed by atoms with Crippen LogP contribution < -0.4 is 4.74 Å². The summed E-state index contributed by atoms with van der Waals surface area (Å²) in [4.78, 5) is 11.6. The number of aliphatic hydroxyl groups excluding tert-OH is 2. The number of fused-ring (bicyclic) bond motifs is 2. The van der Waals surface area contributed by atoms with E-state index < -0.39 is 30.2 Å². The topological polar surface area (TPSA) is 109 Å². The lowest BCUT2D eigenvalue weighted by Gasteiger charge is -2.42. The van der Waals surface area contributed by atoms with E-state index in [9.17, 15) is 23.4 Å². The molecule has 1 saturated carbocycles. The third kappa shape index (κ3) is 4.37. The molecule has 186 valence electrons. The normalized spacial score (nSPS) is 26.1. The van der Waals surface area contributed by atoms with Crippen LogP contribution in [0.2, 0.25) is 0 Å². The van der Waals surface area contributed by atoms with E-state index in [4.69, 9.17) is 4.74 Å². The number of alkyl halides is 3. The van der Waals surface area contributed by atoms with Crippen LogP contribution >= 0.6 is 0 Å². The number of hydrogen-bond donors (Lipinski definition) is 2. The summed E-state index contributed by atoms with van der Waals surface area (Å²) in [5, 5.41) is 30.4. The minimum Gasteiger partial charge on any atom is -0.473 e. The molecule has 2 N–H and O–H groups in total. The van der Waals surface area contributed by atoms with Crippen molar-refractivity contribution >= 4 is 0 Å². The monoisotopic (exact) mass is 490 g/mol. The van der Waals surface area contributed by atoms with E-state index in [1.807, 2.05) is 0 Å². The number of hydrogen-bond acceptors (Lipinski definition) is 8. The Kier molecular flexibility index (Phi) is 5.98. The van der Waals surface area contributed by atoms with Gasteiger partial charge in [0, 0.05) is 24.0 Å². The summed E-state index contributed by atoms with van der Waals surface area (Å²) >= 11 is 0.